The highest BCUT2D eigenvalue weighted by molar-refractivity contribution is 7.99. The zero-order valence-electron chi connectivity index (χ0n) is 13.8. The number of hydrogen-bond donors (Lipinski definition) is 1. The molecule has 3 aromatic heterocycles. The van der Waals surface area contributed by atoms with E-state index in [2.05, 4.69) is 27.1 Å². The Kier molecular flexibility index (Phi) is 6.43. The van der Waals surface area contributed by atoms with E-state index in [1.165, 1.54) is 23.1 Å². The number of nitrogens with zero attached hydrogens (tertiary/aromatic N) is 4. The number of hydrogen-bond acceptors (Lipinski definition) is 6. The first-order chi connectivity index (χ1) is 12.7. The zero-order valence-corrected chi connectivity index (χ0v) is 16.2. The zero-order chi connectivity index (χ0) is 18.4. The van der Waals surface area contributed by atoms with E-state index >= 15 is 0 Å². The molecule has 0 radical (unpaired) electrons. The molecule has 0 aliphatic heterocycles. The Balaban J connectivity index is 1.63. The molecule has 0 saturated carbocycles. The molecule has 1 amide bonds. The van der Waals surface area contributed by atoms with Gasteiger partial charge in [-0.25, -0.2) is 0 Å². The number of rotatable bonds is 8. The average Bonchev–Trinajstić information content (AvgIpc) is 3.25. The Bertz CT molecular complexity index is 894. The molecule has 6 nitrogen and oxygen atoms in total. The minimum Gasteiger partial charge on any atom is -0.350 e. The molecule has 0 aliphatic rings. The highest BCUT2D eigenvalue weighted by Gasteiger charge is 2.15. The van der Waals surface area contributed by atoms with Gasteiger partial charge in [0.25, 0.3) is 0 Å². The highest BCUT2D eigenvalue weighted by atomic mass is 35.5. The van der Waals surface area contributed by atoms with Gasteiger partial charge in [0.05, 0.1) is 16.6 Å². The Morgan fingerprint density at radius 3 is 2.96 bits per heavy atom. The number of carbonyl (C=O) groups excluding carboxylic acids is 1. The van der Waals surface area contributed by atoms with Crippen LogP contribution in [0.25, 0.3) is 11.4 Å². The van der Waals surface area contributed by atoms with Gasteiger partial charge < -0.3 is 5.32 Å². The summed E-state index contributed by atoms with van der Waals surface area (Å²) in [5.41, 5.74) is 0.868. The summed E-state index contributed by atoms with van der Waals surface area (Å²) in [6.07, 6.45) is 5.21. The number of thiophene rings is 1. The van der Waals surface area contributed by atoms with Crippen LogP contribution in [-0.4, -0.2) is 31.4 Å². The lowest BCUT2D eigenvalue weighted by Gasteiger charge is -2.07. The predicted molar refractivity (Wildman–Crippen MR) is 105 cm³/mol. The summed E-state index contributed by atoms with van der Waals surface area (Å²) in [5.74, 6) is 0.881. The fourth-order valence-corrected chi connectivity index (χ4v) is 4.02. The van der Waals surface area contributed by atoms with Crippen molar-refractivity contribution in [1.82, 2.24) is 25.1 Å². The van der Waals surface area contributed by atoms with Crippen LogP contribution in [0.5, 0.6) is 0 Å². The number of carbonyl (C=O) groups is 1. The SMILES string of the molecule is C=CCn1c(SCC(=O)NCc2ccc(Cl)s2)nnc1-c1cccnc1. The van der Waals surface area contributed by atoms with Crippen molar-refractivity contribution >= 4 is 40.6 Å². The van der Waals surface area contributed by atoms with Gasteiger partial charge in [0, 0.05) is 29.4 Å². The molecule has 0 saturated heterocycles. The maximum Gasteiger partial charge on any atom is 0.230 e. The van der Waals surface area contributed by atoms with Gasteiger partial charge in [-0.3, -0.25) is 14.3 Å². The number of thioether (sulfide) groups is 1. The summed E-state index contributed by atoms with van der Waals surface area (Å²) in [7, 11) is 0. The quantitative estimate of drug-likeness (QED) is 0.457. The number of allylic oxidation sites excluding steroid dienone is 1. The molecule has 0 aromatic carbocycles. The molecule has 0 atom stereocenters. The van der Waals surface area contributed by atoms with Crippen LogP contribution in [0.1, 0.15) is 4.88 Å². The number of halogens is 1. The van der Waals surface area contributed by atoms with Crippen molar-refractivity contribution in [1.29, 1.82) is 0 Å². The number of aromatic nitrogens is 4. The number of amides is 1. The van der Waals surface area contributed by atoms with Crippen LogP contribution in [0.4, 0.5) is 0 Å². The van der Waals surface area contributed by atoms with Crippen molar-refractivity contribution in [3.8, 4) is 11.4 Å². The van der Waals surface area contributed by atoms with Crippen LogP contribution in [0.15, 0.2) is 54.5 Å². The molecule has 134 valence electrons. The Labute approximate surface area is 164 Å². The predicted octanol–water partition coefficient (Wildman–Crippen LogP) is 3.65. The Morgan fingerprint density at radius 2 is 2.27 bits per heavy atom. The smallest absolute Gasteiger partial charge is 0.230 e. The summed E-state index contributed by atoms with van der Waals surface area (Å²) in [6, 6.07) is 7.49. The molecule has 0 spiro atoms. The third kappa shape index (κ3) is 4.72. The van der Waals surface area contributed by atoms with Crippen LogP contribution in [0, 0.1) is 0 Å². The van der Waals surface area contributed by atoms with E-state index in [9.17, 15) is 4.79 Å². The lowest BCUT2D eigenvalue weighted by molar-refractivity contribution is -0.118. The van der Waals surface area contributed by atoms with E-state index in [1.807, 2.05) is 28.8 Å². The topological polar surface area (TPSA) is 72.7 Å². The van der Waals surface area contributed by atoms with E-state index < -0.39 is 0 Å². The van der Waals surface area contributed by atoms with Crippen molar-refractivity contribution in [2.24, 2.45) is 0 Å². The molecule has 3 heterocycles. The van der Waals surface area contributed by atoms with Gasteiger partial charge in [0.2, 0.25) is 5.91 Å². The molecule has 3 rings (SSSR count). The van der Waals surface area contributed by atoms with Crippen molar-refractivity contribution < 1.29 is 4.79 Å². The first-order valence-corrected chi connectivity index (χ1v) is 9.93. The normalized spacial score (nSPS) is 10.7. The third-order valence-electron chi connectivity index (χ3n) is 3.37. The van der Waals surface area contributed by atoms with Crippen molar-refractivity contribution in [2.45, 2.75) is 18.2 Å². The maximum atomic E-state index is 12.1. The van der Waals surface area contributed by atoms with E-state index in [4.69, 9.17) is 11.6 Å². The van der Waals surface area contributed by atoms with E-state index in [-0.39, 0.29) is 11.7 Å². The van der Waals surface area contributed by atoms with Crippen LogP contribution >= 0.6 is 34.7 Å². The summed E-state index contributed by atoms with van der Waals surface area (Å²) >= 11 is 8.68. The average molecular weight is 406 g/mol. The fraction of sp³-hybridized carbons (Fsp3) is 0.176. The first-order valence-electron chi connectivity index (χ1n) is 7.75. The van der Waals surface area contributed by atoms with Crippen molar-refractivity contribution in [3.05, 3.63) is 58.5 Å². The number of nitrogens with one attached hydrogen (secondary N) is 1. The molecule has 0 bridgehead atoms. The molecule has 26 heavy (non-hydrogen) atoms. The molecule has 0 unspecified atom stereocenters. The molecular weight excluding hydrogens is 390 g/mol. The highest BCUT2D eigenvalue weighted by Crippen LogP contribution is 2.24. The lowest BCUT2D eigenvalue weighted by Crippen LogP contribution is -2.24. The molecular formula is C17H16ClN5OS2. The van der Waals surface area contributed by atoms with Gasteiger partial charge in [-0.15, -0.1) is 28.1 Å². The van der Waals surface area contributed by atoms with Crippen LogP contribution in [-0.2, 0) is 17.9 Å². The van der Waals surface area contributed by atoms with Crippen LogP contribution < -0.4 is 5.32 Å². The summed E-state index contributed by atoms with van der Waals surface area (Å²) in [4.78, 5) is 17.2. The Hall–Kier alpha value is -2.16. The van der Waals surface area contributed by atoms with E-state index in [0.717, 1.165) is 10.4 Å². The second-order valence-corrected chi connectivity index (χ2v) is 7.96. The van der Waals surface area contributed by atoms with Crippen LogP contribution in [0.2, 0.25) is 4.34 Å². The van der Waals surface area contributed by atoms with Gasteiger partial charge in [-0.05, 0) is 24.3 Å². The lowest BCUT2D eigenvalue weighted by atomic mass is 10.3. The number of pyridine rings is 1. The summed E-state index contributed by atoms with van der Waals surface area (Å²) in [5, 5.41) is 12.0. The van der Waals surface area contributed by atoms with Crippen molar-refractivity contribution in [2.75, 3.05) is 5.75 Å². The van der Waals surface area contributed by atoms with Gasteiger partial charge in [0.1, 0.15) is 0 Å². The largest absolute Gasteiger partial charge is 0.350 e. The van der Waals surface area contributed by atoms with Gasteiger partial charge >= 0.3 is 0 Å². The van der Waals surface area contributed by atoms with Gasteiger partial charge in [-0.2, -0.15) is 0 Å². The molecule has 3 aromatic rings. The van der Waals surface area contributed by atoms with Crippen molar-refractivity contribution in [3.63, 3.8) is 0 Å². The summed E-state index contributed by atoms with van der Waals surface area (Å²) in [6.45, 7) is 4.80. The van der Waals surface area contributed by atoms with Gasteiger partial charge in [-0.1, -0.05) is 29.4 Å². The van der Waals surface area contributed by atoms with Crippen LogP contribution in [0.3, 0.4) is 0 Å². The molecule has 1 N–H and O–H groups in total. The standard InChI is InChI=1S/C17H16ClN5OS2/c1-2-8-23-16(12-4-3-7-19-9-12)21-22-17(23)25-11-15(24)20-10-13-5-6-14(18)26-13/h2-7,9H,1,8,10-11H2,(H,20,24). The molecule has 9 heteroatoms. The maximum absolute atomic E-state index is 12.1. The fourth-order valence-electron chi connectivity index (χ4n) is 2.21. The molecule has 0 aliphatic carbocycles. The first kappa shape index (κ1) is 18.6. The minimum absolute atomic E-state index is 0.0735. The van der Waals surface area contributed by atoms with Gasteiger partial charge in [0.15, 0.2) is 11.0 Å². The molecule has 0 fully saturated rings. The monoisotopic (exact) mass is 405 g/mol. The second-order valence-electron chi connectivity index (χ2n) is 5.22. The van der Waals surface area contributed by atoms with E-state index in [0.29, 0.717) is 28.4 Å². The second kappa shape index (κ2) is 8.98. The minimum atomic E-state index is -0.0735. The third-order valence-corrected chi connectivity index (χ3v) is 5.57. The van der Waals surface area contributed by atoms with E-state index in [1.54, 1.807) is 18.5 Å². The Morgan fingerprint density at radius 1 is 1.38 bits per heavy atom. The summed E-state index contributed by atoms with van der Waals surface area (Å²) < 4.78 is 2.63.